The van der Waals surface area contributed by atoms with E-state index in [-0.39, 0.29) is 5.78 Å². The lowest BCUT2D eigenvalue weighted by molar-refractivity contribution is 0.102. The molecular formula is C15H13NOS. The van der Waals surface area contributed by atoms with E-state index in [4.69, 9.17) is 0 Å². The zero-order valence-corrected chi connectivity index (χ0v) is 10.7. The molecule has 0 amide bonds. The quantitative estimate of drug-likeness (QED) is 0.766. The van der Waals surface area contributed by atoms with Crippen molar-refractivity contribution in [2.45, 2.75) is 6.54 Å². The molecule has 3 heteroatoms. The number of para-hydroxylation sites is 1. The van der Waals surface area contributed by atoms with Gasteiger partial charge in [0.25, 0.3) is 0 Å². The van der Waals surface area contributed by atoms with Crippen LogP contribution >= 0.6 is 11.9 Å². The molecule has 0 radical (unpaired) electrons. The van der Waals surface area contributed by atoms with Crippen LogP contribution in [0.1, 0.15) is 15.9 Å². The molecule has 0 atom stereocenters. The summed E-state index contributed by atoms with van der Waals surface area (Å²) in [4.78, 5) is 11.8. The maximum Gasteiger partial charge on any atom is 0.176 e. The van der Waals surface area contributed by atoms with Crippen LogP contribution in [0.25, 0.3) is 0 Å². The molecule has 0 bridgehead atoms. The van der Waals surface area contributed by atoms with Crippen molar-refractivity contribution in [3.63, 3.8) is 0 Å². The monoisotopic (exact) mass is 255 g/mol. The maximum absolute atomic E-state index is 11.8. The predicted octanol–water partition coefficient (Wildman–Crippen LogP) is 3.54. The van der Waals surface area contributed by atoms with Crippen LogP contribution in [-0.4, -0.2) is 11.5 Å². The molecule has 3 rings (SSSR count). The number of rotatable bonds is 2. The summed E-state index contributed by atoms with van der Waals surface area (Å²) >= 11 is 1.59. The molecular weight excluding hydrogens is 242 g/mol. The molecule has 0 saturated carbocycles. The Labute approximate surface area is 111 Å². The first-order valence-corrected chi connectivity index (χ1v) is 6.85. The van der Waals surface area contributed by atoms with Crippen molar-refractivity contribution in [3.05, 3.63) is 65.7 Å². The van der Waals surface area contributed by atoms with Crippen LogP contribution < -0.4 is 4.31 Å². The molecule has 0 fully saturated rings. The summed E-state index contributed by atoms with van der Waals surface area (Å²) < 4.78 is 2.20. The van der Waals surface area contributed by atoms with Gasteiger partial charge in [0.2, 0.25) is 0 Å². The number of fused-ring (bicyclic) bond motifs is 1. The van der Waals surface area contributed by atoms with Crippen LogP contribution in [-0.2, 0) is 6.54 Å². The summed E-state index contributed by atoms with van der Waals surface area (Å²) in [7, 11) is 0. The molecule has 2 aromatic rings. The Morgan fingerprint density at radius 1 is 1.00 bits per heavy atom. The van der Waals surface area contributed by atoms with E-state index in [1.165, 1.54) is 5.56 Å². The van der Waals surface area contributed by atoms with Crippen molar-refractivity contribution in [2.75, 3.05) is 10.1 Å². The van der Waals surface area contributed by atoms with E-state index >= 15 is 0 Å². The second kappa shape index (κ2) is 4.86. The first kappa shape index (κ1) is 11.4. The Bertz CT molecular complexity index is 568. The summed E-state index contributed by atoms with van der Waals surface area (Å²) in [6, 6.07) is 18.2. The smallest absolute Gasteiger partial charge is 0.176 e. The number of hydrogen-bond acceptors (Lipinski definition) is 3. The highest BCUT2D eigenvalue weighted by Crippen LogP contribution is 2.33. The van der Waals surface area contributed by atoms with Gasteiger partial charge in [-0.25, -0.2) is 0 Å². The topological polar surface area (TPSA) is 20.3 Å². The highest BCUT2D eigenvalue weighted by atomic mass is 32.2. The van der Waals surface area contributed by atoms with Crippen molar-refractivity contribution >= 4 is 23.4 Å². The van der Waals surface area contributed by atoms with Crippen molar-refractivity contribution in [1.82, 2.24) is 0 Å². The lowest BCUT2D eigenvalue weighted by atomic mass is 10.1. The molecule has 0 aliphatic carbocycles. The number of hydrogen-bond donors (Lipinski definition) is 0. The van der Waals surface area contributed by atoms with Gasteiger partial charge in [-0.15, -0.1) is 0 Å². The number of benzene rings is 2. The lowest BCUT2D eigenvalue weighted by Crippen LogP contribution is -2.24. The van der Waals surface area contributed by atoms with Gasteiger partial charge in [0.05, 0.1) is 18.0 Å². The fourth-order valence-electron chi connectivity index (χ4n) is 2.09. The molecule has 18 heavy (non-hydrogen) atoms. The zero-order chi connectivity index (χ0) is 12.4. The predicted molar refractivity (Wildman–Crippen MR) is 75.9 cm³/mol. The highest BCUT2D eigenvalue weighted by Gasteiger charge is 2.23. The van der Waals surface area contributed by atoms with Crippen molar-refractivity contribution in [2.24, 2.45) is 0 Å². The van der Waals surface area contributed by atoms with Gasteiger partial charge in [0.1, 0.15) is 0 Å². The standard InChI is InChI=1S/C15H13NOS/c17-15-11-18-16(10-12-6-2-1-3-7-12)14-9-5-4-8-13(14)15/h1-9H,10-11H2. The van der Waals surface area contributed by atoms with Crippen LogP contribution in [0.2, 0.25) is 0 Å². The molecule has 1 aliphatic heterocycles. The zero-order valence-electron chi connectivity index (χ0n) is 9.87. The fraction of sp³-hybridized carbons (Fsp3) is 0.133. The molecule has 90 valence electrons. The van der Waals surface area contributed by atoms with Gasteiger partial charge in [-0.3, -0.25) is 4.79 Å². The minimum absolute atomic E-state index is 0.222. The first-order valence-electron chi connectivity index (χ1n) is 5.91. The van der Waals surface area contributed by atoms with Crippen LogP contribution in [0.5, 0.6) is 0 Å². The van der Waals surface area contributed by atoms with Gasteiger partial charge in [-0.1, -0.05) is 42.5 Å². The molecule has 0 spiro atoms. The van der Waals surface area contributed by atoms with Crippen molar-refractivity contribution in [3.8, 4) is 0 Å². The second-order valence-electron chi connectivity index (χ2n) is 4.24. The Hall–Kier alpha value is -1.74. The number of nitrogens with zero attached hydrogens (tertiary/aromatic N) is 1. The number of ketones is 1. The molecule has 2 nitrogen and oxygen atoms in total. The molecule has 1 heterocycles. The third-order valence-corrected chi connectivity index (χ3v) is 4.02. The SMILES string of the molecule is O=C1CSN(Cc2ccccc2)c2ccccc21. The summed E-state index contributed by atoms with van der Waals surface area (Å²) in [6.45, 7) is 0.829. The molecule has 0 saturated heterocycles. The van der Waals surface area contributed by atoms with Crippen LogP contribution in [0.15, 0.2) is 54.6 Å². The van der Waals surface area contributed by atoms with Crippen molar-refractivity contribution in [1.29, 1.82) is 0 Å². The summed E-state index contributed by atoms with van der Waals surface area (Å²) in [5.74, 6) is 0.754. The van der Waals surface area contributed by atoms with Gasteiger partial charge in [0.15, 0.2) is 5.78 Å². The van der Waals surface area contributed by atoms with E-state index in [0.717, 1.165) is 17.8 Å². The minimum atomic E-state index is 0.222. The Morgan fingerprint density at radius 3 is 2.56 bits per heavy atom. The molecule has 0 aromatic heterocycles. The minimum Gasteiger partial charge on any atom is -0.311 e. The summed E-state index contributed by atoms with van der Waals surface area (Å²) in [5, 5.41) is 0. The molecule has 1 aliphatic rings. The Balaban J connectivity index is 1.91. The number of Topliss-reactive ketones (excluding diaryl/α,β-unsaturated/α-hetero) is 1. The van der Waals surface area contributed by atoms with E-state index in [1.807, 2.05) is 42.5 Å². The van der Waals surface area contributed by atoms with Gasteiger partial charge < -0.3 is 4.31 Å². The highest BCUT2D eigenvalue weighted by molar-refractivity contribution is 8.01. The van der Waals surface area contributed by atoms with Crippen molar-refractivity contribution < 1.29 is 4.79 Å². The van der Waals surface area contributed by atoms with Gasteiger partial charge in [-0.2, -0.15) is 0 Å². The van der Waals surface area contributed by atoms with Crippen LogP contribution in [0, 0.1) is 0 Å². The number of anilines is 1. The largest absolute Gasteiger partial charge is 0.311 e. The summed E-state index contributed by atoms with van der Waals surface area (Å²) in [5.41, 5.74) is 3.13. The molecule has 0 N–H and O–H groups in total. The second-order valence-corrected chi connectivity index (χ2v) is 5.22. The molecule has 0 unspecified atom stereocenters. The number of carbonyl (C=O) groups is 1. The first-order chi connectivity index (χ1) is 8.84. The Morgan fingerprint density at radius 2 is 1.72 bits per heavy atom. The van der Waals surface area contributed by atoms with E-state index < -0.39 is 0 Å². The van der Waals surface area contributed by atoms with Gasteiger partial charge >= 0.3 is 0 Å². The maximum atomic E-state index is 11.8. The van der Waals surface area contributed by atoms with E-state index in [9.17, 15) is 4.79 Å². The Kier molecular flexibility index (Phi) is 3.07. The average Bonchev–Trinajstić information content (AvgIpc) is 2.44. The van der Waals surface area contributed by atoms with Crippen LogP contribution in [0.3, 0.4) is 0 Å². The molecule has 2 aromatic carbocycles. The normalized spacial score (nSPS) is 14.4. The van der Waals surface area contributed by atoms with E-state index in [2.05, 4.69) is 16.4 Å². The third kappa shape index (κ3) is 2.14. The summed E-state index contributed by atoms with van der Waals surface area (Å²) in [6.07, 6.45) is 0. The third-order valence-electron chi connectivity index (χ3n) is 2.99. The fourth-order valence-corrected chi connectivity index (χ4v) is 3.06. The van der Waals surface area contributed by atoms with Gasteiger partial charge in [0, 0.05) is 5.56 Å². The lowest BCUT2D eigenvalue weighted by Gasteiger charge is -2.29. The van der Waals surface area contributed by atoms with E-state index in [1.54, 1.807) is 11.9 Å². The number of carbonyl (C=O) groups excluding carboxylic acids is 1. The van der Waals surface area contributed by atoms with Gasteiger partial charge in [-0.05, 0) is 29.6 Å². The van der Waals surface area contributed by atoms with E-state index in [0.29, 0.717) is 5.75 Å². The van der Waals surface area contributed by atoms with Crippen LogP contribution in [0.4, 0.5) is 5.69 Å². The average molecular weight is 255 g/mol.